The molecule has 0 fully saturated rings. The number of hydrogen-bond donors (Lipinski definition) is 0. The third-order valence-corrected chi connectivity index (χ3v) is 4.14. The lowest BCUT2D eigenvalue weighted by molar-refractivity contribution is -0.137. The van der Waals surface area contributed by atoms with E-state index in [1.165, 1.54) is 30.3 Å². The zero-order chi connectivity index (χ0) is 15.5. The molecule has 0 aliphatic rings. The Morgan fingerprint density at radius 3 is 2.33 bits per heavy atom. The van der Waals surface area contributed by atoms with Crippen LogP contribution in [0.3, 0.4) is 0 Å². The molecule has 0 unspecified atom stereocenters. The van der Waals surface area contributed by atoms with E-state index in [1.54, 1.807) is 6.07 Å². The molecule has 21 heavy (non-hydrogen) atoms. The molecule has 1 atom stereocenters. The van der Waals surface area contributed by atoms with Crippen molar-refractivity contribution >= 4 is 10.8 Å². The van der Waals surface area contributed by atoms with Crippen LogP contribution >= 0.6 is 0 Å². The Morgan fingerprint density at radius 2 is 1.67 bits per heavy atom. The van der Waals surface area contributed by atoms with Crippen LogP contribution in [-0.4, -0.2) is 4.21 Å². The molecule has 2 aromatic carbocycles. The Kier molecular flexibility index (Phi) is 4.77. The standard InChI is InChI=1S/C15H12F4OS/c16-14-7-2-1-5-12(14)10-21(20)9-11-4-3-6-13(8-11)15(17,18)19/h1-8H,9-10H2/t21-/m0/s1. The van der Waals surface area contributed by atoms with E-state index >= 15 is 0 Å². The van der Waals surface area contributed by atoms with E-state index in [2.05, 4.69) is 0 Å². The lowest BCUT2D eigenvalue weighted by atomic mass is 10.1. The fourth-order valence-electron chi connectivity index (χ4n) is 1.86. The van der Waals surface area contributed by atoms with Crippen molar-refractivity contribution in [1.82, 2.24) is 0 Å². The van der Waals surface area contributed by atoms with Gasteiger partial charge in [0.1, 0.15) is 5.82 Å². The summed E-state index contributed by atoms with van der Waals surface area (Å²) in [6.07, 6.45) is -4.43. The normalized spacial score (nSPS) is 13.1. The smallest absolute Gasteiger partial charge is 0.259 e. The molecule has 0 amide bonds. The lowest BCUT2D eigenvalue weighted by Crippen LogP contribution is -2.06. The van der Waals surface area contributed by atoms with Gasteiger partial charge in [-0.05, 0) is 17.7 Å². The van der Waals surface area contributed by atoms with Crippen molar-refractivity contribution in [1.29, 1.82) is 0 Å². The molecule has 6 heteroatoms. The predicted octanol–water partition coefficient (Wildman–Crippen LogP) is 4.29. The molecule has 0 saturated carbocycles. The van der Waals surface area contributed by atoms with Crippen LogP contribution in [0.15, 0.2) is 48.5 Å². The van der Waals surface area contributed by atoms with Gasteiger partial charge in [0, 0.05) is 22.1 Å². The van der Waals surface area contributed by atoms with Crippen LogP contribution in [0.5, 0.6) is 0 Å². The molecule has 0 heterocycles. The SMILES string of the molecule is O=[S@@](Cc1cccc(C(F)(F)F)c1)Cc1ccccc1F. The summed E-state index contributed by atoms with van der Waals surface area (Å²) in [6.45, 7) is 0. The van der Waals surface area contributed by atoms with Gasteiger partial charge in [0.05, 0.1) is 11.3 Å². The highest BCUT2D eigenvalue weighted by atomic mass is 32.2. The first-order valence-corrected chi connectivity index (χ1v) is 7.59. The van der Waals surface area contributed by atoms with Crippen LogP contribution in [0.25, 0.3) is 0 Å². The molecule has 2 aromatic rings. The summed E-state index contributed by atoms with van der Waals surface area (Å²) in [4.78, 5) is 0. The van der Waals surface area contributed by atoms with Gasteiger partial charge in [-0.1, -0.05) is 36.4 Å². The minimum Gasteiger partial charge on any atom is -0.259 e. The van der Waals surface area contributed by atoms with Gasteiger partial charge in [0.15, 0.2) is 0 Å². The number of halogens is 4. The fourth-order valence-corrected chi connectivity index (χ4v) is 3.10. The summed E-state index contributed by atoms with van der Waals surface area (Å²) in [5, 5.41) is 0. The number of benzene rings is 2. The Bertz CT molecular complexity index is 652. The third kappa shape index (κ3) is 4.39. The highest BCUT2D eigenvalue weighted by Gasteiger charge is 2.30. The molecular weight excluding hydrogens is 304 g/mol. The number of hydrogen-bond acceptors (Lipinski definition) is 1. The average molecular weight is 316 g/mol. The summed E-state index contributed by atoms with van der Waals surface area (Å²) in [5.74, 6) is -0.531. The average Bonchev–Trinajstić information content (AvgIpc) is 2.41. The van der Waals surface area contributed by atoms with Crippen LogP contribution in [0.2, 0.25) is 0 Å². The third-order valence-electron chi connectivity index (χ3n) is 2.86. The molecule has 0 aromatic heterocycles. The van der Waals surface area contributed by atoms with Crippen molar-refractivity contribution in [2.45, 2.75) is 17.7 Å². The molecule has 0 aliphatic heterocycles. The lowest BCUT2D eigenvalue weighted by Gasteiger charge is -2.09. The summed E-state index contributed by atoms with van der Waals surface area (Å²) < 4.78 is 63.1. The van der Waals surface area contributed by atoms with Gasteiger partial charge < -0.3 is 0 Å². The Hall–Kier alpha value is -1.69. The van der Waals surface area contributed by atoms with Crippen molar-refractivity contribution in [3.05, 3.63) is 71.0 Å². The first-order valence-electron chi connectivity index (χ1n) is 6.11. The van der Waals surface area contributed by atoms with Crippen molar-refractivity contribution in [3.63, 3.8) is 0 Å². The maximum Gasteiger partial charge on any atom is 0.416 e. The second kappa shape index (κ2) is 6.39. The van der Waals surface area contributed by atoms with Gasteiger partial charge in [-0.3, -0.25) is 4.21 Å². The van der Waals surface area contributed by atoms with Gasteiger partial charge in [-0.25, -0.2) is 4.39 Å². The minimum absolute atomic E-state index is 0.0249. The highest BCUT2D eigenvalue weighted by molar-refractivity contribution is 7.83. The van der Waals surface area contributed by atoms with Crippen molar-refractivity contribution < 1.29 is 21.8 Å². The monoisotopic (exact) mass is 316 g/mol. The maximum absolute atomic E-state index is 13.4. The van der Waals surface area contributed by atoms with E-state index in [4.69, 9.17) is 0 Å². The summed E-state index contributed by atoms with van der Waals surface area (Å²) in [5.41, 5.74) is -0.162. The Morgan fingerprint density at radius 1 is 0.952 bits per heavy atom. The molecule has 112 valence electrons. The molecule has 2 rings (SSSR count). The van der Waals surface area contributed by atoms with Crippen molar-refractivity contribution in [2.24, 2.45) is 0 Å². The second-order valence-electron chi connectivity index (χ2n) is 4.52. The molecule has 0 bridgehead atoms. The van der Waals surface area contributed by atoms with E-state index in [1.807, 2.05) is 0 Å². The Balaban J connectivity index is 2.08. The van der Waals surface area contributed by atoms with Gasteiger partial charge in [-0.2, -0.15) is 13.2 Å². The first-order chi connectivity index (χ1) is 9.86. The van der Waals surface area contributed by atoms with E-state index in [-0.39, 0.29) is 11.5 Å². The van der Waals surface area contributed by atoms with Crippen LogP contribution < -0.4 is 0 Å². The van der Waals surface area contributed by atoms with E-state index in [9.17, 15) is 21.8 Å². The summed E-state index contributed by atoms with van der Waals surface area (Å²) in [6, 6.07) is 10.6. The van der Waals surface area contributed by atoms with Crippen molar-refractivity contribution in [2.75, 3.05) is 0 Å². The van der Waals surface area contributed by atoms with Gasteiger partial charge in [-0.15, -0.1) is 0 Å². The summed E-state index contributed by atoms with van der Waals surface area (Å²) >= 11 is 0. The van der Waals surface area contributed by atoms with Gasteiger partial charge >= 0.3 is 6.18 Å². The molecule has 1 nitrogen and oxygen atoms in total. The zero-order valence-corrected chi connectivity index (χ0v) is 11.7. The zero-order valence-electron chi connectivity index (χ0n) is 10.9. The molecular formula is C15H12F4OS. The van der Waals surface area contributed by atoms with Crippen LogP contribution in [0, 0.1) is 5.82 Å². The largest absolute Gasteiger partial charge is 0.416 e. The summed E-state index contributed by atoms with van der Waals surface area (Å²) in [7, 11) is -1.47. The molecule has 0 spiro atoms. The molecule has 0 N–H and O–H groups in total. The Labute approximate surface area is 122 Å². The van der Waals surface area contributed by atoms with Crippen LogP contribution in [0.1, 0.15) is 16.7 Å². The maximum atomic E-state index is 13.4. The van der Waals surface area contributed by atoms with E-state index in [0.29, 0.717) is 11.1 Å². The molecule has 0 saturated heterocycles. The second-order valence-corrected chi connectivity index (χ2v) is 5.98. The van der Waals surface area contributed by atoms with E-state index in [0.717, 1.165) is 12.1 Å². The first kappa shape index (κ1) is 15.7. The number of alkyl halides is 3. The predicted molar refractivity (Wildman–Crippen MR) is 73.4 cm³/mol. The van der Waals surface area contributed by atoms with Crippen molar-refractivity contribution in [3.8, 4) is 0 Å². The highest BCUT2D eigenvalue weighted by Crippen LogP contribution is 2.29. The fraction of sp³-hybridized carbons (Fsp3) is 0.200. The number of rotatable bonds is 4. The molecule has 0 aliphatic carbocycles. The van der Waals surface area contributed by atoms with Crippen LogP contribution in [-0.2, 0) is 28.5 Å². The minimum atomic E-state index is -4.43. The van der Waals surface area contributed by atoms with E-state index < -0.39 is 28.4 Å². The van der Waals surface area contributed by atoms with Gasteiger partial charge in [0.25, 0.3) is 0 Å². The molecule has 0 radical (unpaired) electrons. The van der Waals surface area contributed by atoms with Crippen LogP contribution in [0.4, 0.5) is 17.6 Å². The quantitative estimate of drug-likeness (QED) is 0.769. The topological polar surface area (TPSA) is 17.1 Å². The van der Waals surface area contributed by atoms with Gasteiger partial charge in [0.2, 0.25) is 0 Å².